The van der Waals surface area contributed by atoms with E-state index in [9.17, 15) is 9.90 Å². The fourth-order valence-corrected chi connectivity index (χ4v) is 2.89. The van der Waals surface area contributed by atoms with Crippen molar-refractivity contribution in [2.45, 2.75) is 64.0 Å². The lowest BCUT2D eigenvalue weighted by atomic mass is 10.0. The number of rotatable bonds is 8. The number of likely N-dealkylation sites (tertiary alicyclic amines) is 1. The van der Waals surface area contributed by atoms with Crippen LogP contribution in [0.2, 0.25) is 0 Å². The third kappa shape index (κ3) is 3.60. The highest BCUT2D eigenvalue weighted by Crippen LogP contribution is 2.32. The zero-order chi connectivity index (χ0) is 14.4. The molecule has 2 heterocycles. The number of hydrogen-bond acceptors (Lipinski definition) is 3. The van der Waals surface area contributed by atoms with Crippen LogP contribution < -0.4 is 0 Å². The van der Waals surface area contributed by atoms with Crippen LogP contribution in [0.25, 0.3) is 0 Å². The average Bonchev–Trinajstić information content (AvgIpc) is 3.03. The van der Waals surface area contributed by atoms with Gasteiger partial charge in [-0.15, -0.1) is 0 Å². The zero-order valence-corrected chi connectivity index (χ0v) is 12.3. The van der Waals surface area contributed by atoms with Crippen molar-refractivity contribution in [3.05, 3.63) is 18.2 Å². The zero-order valence-electron chi connectivity index (χ0n) is 12.3. The molecule has 0 radical (unpaired) electrons. The van der Waals surface area contributed by atoms with Crippen LogP contribution in [0.3, 0.4) is 0 Å². The number of H-pyrrole nitrogens is 1. The maximum atomic E-state index is 12.0. The third-order valence-electron chi connectivity index (χ3n) is 4.13. The molecule has 1 aliphatic rings. The molecule has 0 aliphatic carbocycles. The molecule has 112 valence electrons. The Hall–Kier alpha value is -1.36. The Labute approximate surface area is 120 Å². The van der Waals surface area contributed by atoms with Crippen molar-refractivity contribution >= 4 is 5.91 Å². The van der Waals surface area contributed by atoms with Gasteiger partial charge in [-0.05, 0) is 12.8 Å². The van der Waals surface area contributed by atoms with E-state index in [1.54, 1.807) is 17.4 Å². The maximum Gasteiger partial charge on any atom is 0.225 e. The van der Waals surface area contributed by atoms with Crippen molar-refractivity contribution in [3.8, 4) is 0 Å². The molecule has 5 nitrogen and oxygen atoms in total. The van der Waals surface area contributed by atoms with Gasteiger partial charge >= 0.3 is 0 Å². The second-order valence-electron chi connectivity index (χ2n) is 5.67. The second-order valence-corrected chi connectivity index (χ2v) is 5.67. The highest BCUT2D eigenvalue weighted by Gasteiger charge is 2.42. The smallest absolute Gasteiger partial charge is 0.225 e. The number of carbonyl (C=O) groups excluding carboxylic acids is 1. The van der Waals surface area contributed by atoms with Gasteiger partial charge in [0.05, 0.1) is 6.33 Å². The van der Waals surface area contributed by atoms with Gasteiger partial charge in [0.2, 0.25) is 5.91 Å². The van der Waals surface area contributed by atoms with Crippen LogP contribution in [-0.2, 0) is 11.2 Å². The predicted molar refractivity (Wildman–Crippen MR) is 76.9 cm³/mol. The SMILES string of the molecule is CCCCCCC1(O)CCC(=O)N1CCc1cnc[nH]1. The van der Waals surface area contributed by atoms with E-state index in [0.29, 0.717) is 32.2 Å². The molecule has 1 fully saturated rings. The van der Waals surface area contributed by atoms with Gasteiger partial charge < -0.3 is 15.0 Å². The number of amides is 1. The molecule has 1 aromatic rings. The van der Waals surface area contributed by atoms with Crippen molar-refractivity contribution in [2.75, 3.05) is 6.54 Å². The molecular formula is C15H25N3O2. The van der Waals surface area contributed by atoms with Crippen LogP contribution in [-0.4, -0.2) is 38.2 Å². The van der Waals surface area contributed by atoms with E-state index in [4.69, 9.17) is 0 Å². The molecule has 5 heteroatoms. The van der Waals surface area contributed by atoms with E-state index >= 15 is 0 Å². The van der Waals surface area contributed by atoms with Crippen molar-refractivity contribution in [1.82, 2.24) is 14.9 Å². The standard InChI is InChI=1S/C15H25N3O2/c1-2-3-4-5-8-15(20)9-6-14(19)18(15)10-7-13-11-16-12-17-13/h11-12,20H,2-10H2,1H3,(H,16,17). The lowest BCUT2D eigenvalue weighted by Gasteiger charge is -2.34. The van der Waals surface area contributed by atoms with Crippen molar-refractivity contribution in [3.63, 3.8) is 0 Å². The van der Waals surface area contributed by atoms with Gasteiger partial charge in [-0.1, -0.05) is 26.2 Å². The summed E-state index contributed by atoms with van der Waals surface area (Å²) >= 11 is 0. The lowest BCUT2D eigenvalue weighted by Crippen LogP contribution is -2.46. The molecule has 1 aromatic heterocycles. The molecule has 1 aliphatic heterocycles. The first kappa shape index (κ1) is 15.0. The molecule has 1 unspecified atom stereocenters. The largest absolute Gasteiger partial charge is 0.371 e. The van der Waals surface area contributed by atoms with Crippen molar-refractivity contribution < 1.29 is 9.90 Å². The lowest BCUT2D eigenvalue weighted by molar-refractivity contribution is -0.146. The minimum Gasteiger partial charge on any atom is -0.371 e. The molecule has 2 rings (SSSR count). The molecule has 1 atom stereocenters. The Morgan fingerprint density at radius 2 is 2.30 bits per heavy atom. The first-order chi connectivity index (χ1) is 9.65. The fraction of sp³-hybridized carbons (Fsp3) is 0.733. The summed E-state index contributed by atoms with van der Waals surface area (Å²) < 4.78 is 0. The van der Waals surface area contributed by atoms with E-state index in [1.165, 1.54) is 12.8 Å². The number of aliphatic hydroxyl groups is 1. The van der Waals surface area contributed by atoms with Crippen LogP contribution in [0.15, 0.2) is 12.5 Å². The molecule has 0 aromatic carbocycles. The summed E-state index contributed by atoms with van der Waals surface area (Å²) in [4.78, 5) is 20.6. The minimum atomic E-state index is -0.926. The summed E-state index contributed by atoms with van der Waals surface area (Å²) in [5, 5.41) is 10.7. The van der Waals surface area contributed by atoms with Gasteiger partial charge in [0, 0.05) is 37.7 Å². The molecule has 20 heavy (non-hydrogen) atoms. The van der Waals surface area contributed by atoms with Gasteiger partial charge in [0.1, 0.15) is 5.72 Å². The highest BCUT2D eigenvalue weighted by atomic mass is 16.3. The number of nitrogens with zero attached hydrogens (tertiary/aromatic N) is 2. The van der Waals surface area contributed by atoms with Crippen molar-refractivity contribution in [2.24, 2.45) is 0 Å². The first-order valence-electron chi connectivity index (χ1n) is 7.66. The average molecular weight is 279 g/mol. The van der Waals surface area contributed by atoms with Gasteiger partial charge in [-0.3, -0.25) is 4.79 Å². The Bertz CT molecular complexity index is 419. The Morgan fingerprint density at radius 1 is 1.45 bits per heavy atom. The summed E-state index contributed by atoms with van der Waals surface area (Å²) in [6.07, 6.45) is 10.3. The summed E-state index contributed by atoms with van der Waals surface area (Å²) in [7, 11) is 0. The van der Waals surface area contributed by atoms with E-state index in [1.807, 2.05) is 0 Å². The molecular weight excluding hydrogens is 254 g/mol. The molecule has 2 N–H and O–H groups in total. The van der Waals surface area contributed by atoms with Gasteiger partial charge in [0.25, 0.3) is 0 Å². The Morgan fingerprint density at radius 3 is 3.00 bits per heavy atom. The summed E-state index contributed by atoms with van der Waals surface area (Å²) in [5.41, 5.74) is 0.0724. The van der Waals surface area contributed by atoms with Gasteiger partial charge in [-0.25, -0.2) is 4.98 Å². The van der Waals surface area contributed by atoms with Crippen LogP contribution in [0, 0.1) is 0 Å². The van der Waals surface area contributed by atoms with Crippen LogP contribution >= 0.6 is 0 Å². The molecule has 1 amide bonds. The van der Waals surface area contributed by atoms with Crippen LogP contribution in [0.5, 0.6) is 0 Å². The number of aromatic nitrogens is 2. The molecule has 1 saturated heterocycles. The first-order valence-corrected chi connectivity index (χ1v) is 7.66. The number of aromatic amines is 1. The van der Waals surface area contributed by atoms with Crippen molar-refractivity contribution in [1.29, 1.82) is 0 Å². The Balaban J connectivity index is 1.87. The second kappa shape index (κ2) is 6.88. The van der Waals surface area contributed by atoms with Gasteiger partial charge in [-0.2, -0.15) is 0 Å². The molecule has 0 spiro atoms. The monoisotopic (exact) mass is 279 g/mol. The maximum absolute atomic E-state index is 12.0. The fourth-order valence-electron chi connectivity index (χ4n) is 2.89. The number of hydrogen-bond donors (Lipinski definition) is 2. The summed E-state index contributed by atoms with van der Waals surface area (Å²) in [6.45, 7) is 2.73. The molecule has 0 saturated carbocycles. The summed E-state index contributed by atoms with van der Waals surface area (Å²) in [5.74, 6) is 0.0718. The Kier molecular flexibility index (Phi) is 5.17. The van der Waals surface area contributed by atoms with E-state index in [2.05, 4.69) is 16.9 Å². The quantitative estimate of drug-likeness (QED) is 0.717. The molecule has 0 bridgehead atoms. The highest BCUT2D eigenvalue weighted by molar-refractivity contribution is 5.79. The van der Waals surface area contributed by atoms with E-state index < -0.39 is 5.72 Å². The summed E-state index contributed by atoms with van der Waals surface area (Å²) in [6, 6.07) is 0. The predicted octanol–water partition coefficient (Wildman–Crippen LogP) is 2.23. The normalized spacial score (nSPS) is 22.7. The number of imidazole rings is 1. The topological polar surface area (TPSA) is 69.2 Å². The number of carbonyl (C=O) groups is 1. The van der Waals surface area contributed by atoms with E-state index in [-0.39, 0.29) is 5.91 Å². The van der Waals surface area contributed by atoms with Crippen LogP contribution in [0.1, 0.15) is 57.6 Å². The van der Waals surface area contributed by atoms with E-state index in [0.717, 1.165) is 18.5 Å². The number of unbranched alkanes of at least 4 members (excludes halogenated alkanes) is 3. The minimum absolute atomic E-state index is 0.0718. The van der Waals surface area contributed by atoms with Gasteiger partial charge in [0.15, 0.2) is 0 Å². The number of nitrogens with one attached hydrogen (secondary N) is 1. The van der Waals surface area contributed by atoms with Crippen LogP contribution in [0.4, 0.5) is 0 Å². The third-order valence-corrected chi connectivity index (χ3v) is 4.13.